The molecule has 116 valence electrons. The minimum atomic E-state index is -0.0475. The summed E-state index contributed by atoms with van der Waals surface area (Å²) in [5.74, 6) is 0.932. The van der Waals surface area contributed by atoms with Crippen molar-refractivity contribution in [3.63, 3.8) is 0 Å². The number of methoxy groups -OCH3 is 1. The second-order valence-electron chi connectivity index (χ2n) is 5.70. The van der Waals surface area contributed by atoms with Crippen LogP contribution in [0.15, 0.2) is 24.3 Å². The molecule has 1 aromatic carbocycles. The van der Waals surface area contributed by atoms with E-state index in [1.54, 1.807) is 7.11 Å². The third-order valence-electron chi connectivity index (χ3n) is 4.17. The number of likely N-dealkylation sites (tertiary alicyclic amines) is 1. The highest BCUT2D eigenvalue weighted by atomic mass is 16.5. The van der Waals surface area contributed by atoms with E-state index in [1.165, 1.54) is 25.7 Å². The van der Waals surface area contributed by atoms with Crippen molar-refractivity contribution in [2.24, 2.45) is 0 Å². The molecule has 4 heteroatoms. The first-order chi connectivity index (χ1) is 10.2. The third-order valence-corrected chi connectivity index (χ3v) is 4.17. The lowest BCUT2D eigenvalue weighted by molar-refractivity contribution is -0.126. The molecule has 1 amide bonds. The Kier molecular flexibility index (Phi) is 6.05. The minimum absolute atomic E-state index is 0.0475. The monoisotopic (exact) mass is 290 g/mol. The van der Waals surface area contributed by atoms with Crippen molar-refractivity contribution in [3.05, 3.63) is 29.8 Å². The minimum Gasteiger partial charge on any atom is -0.497 e. The number of carbonyl (C=O) groups is 1. The average molecular weight is 290 g/mol. The fourth-order valence-corrected chi connectivity index (χ4v) is 2.77. The molecule has 1 atom stereocenters. The van der Waals surface area contributed by atoms with Gasteiger partial charge in [0.1, 0.15) is 5.75 Å². The molecule has 1 heterocycles. The van der Waals surface area contributed by atoms with Gasteiger partial charge < -0.3 is 10.1 Å². The van der Waals surface area contributed by atoms with Gasteiger partial charge in [0.25, 0.3) is 0 Å². The van der Waals surface area contributed by atoms with E-state index < -0.39 is 0 Å². The number of ether oxygens (including phenoxy) is 1. The van der Waals surface area contributed by atoms with Crippen LogP contribution in [0.5, 0.6) is 5.75 Å². The highest BCUT2D eigenvalue weighted by Crippen LogP contribution is 2.14. The lowest BCUT2D eigenvalue weighted by Gasteiger charge is -2.26. The summed E-state index contributed by atoms with van der Waals surface area (Å²) in [6.07, 6.45) is 4.98. The SMILES string of the molecule is COc1cccc(CNC(=O)C(C)N2CCCCCC2)c1. The van der Waals surface area contributed by atoms with Gasteiger partial charge in [-0.3, -0.25) is 9.69 Å². The zero-order valence-corrected chi connectivity index (χ0v) is 13.1. The molecule has 1 unspecified atom stereocenters. The Labute approximate surface area is 127 Å². The van der Waals surface area contributed by atoms with Crippen molar-refractivity contribution in [3.8, 4) is 5.75 Å². The maximum atomic E-state index is 12.3. The van der Waals surface area contributed by atoms with Crippen LogP contribution in [0.25, 0.3) is 0 Å². The number of carbonyl (C=O) groups excluding carboxylic acids is 1. The van der Waals surface area contributed by atoms with Gasteiger partial charge in [0, 0.05) is 6.54 Å². The maximum absolute atomic E-state index is 12.3. The lowest BCUT2D eigenvalue weighted by atomic mass is 10.2. The van der Waals surface area contributed by atoms with Crippen LogP contribution in [0.3, 0.4) is 0 Å². The van der Waals surface area contributed by atoms with Gasteiger partial charge in [-0.15, -0.1) is 0 Å². The summed E-state index contributed by atoms with van der Waals surface area (Å²) < 4.78 is 5.20. The normalized spacial score (nSPS) is 17.8. The molecule has 0 bridgehead atoms. The van der Waals surface area contributed by atoms with Gasteiger partial charge in [0.05, 0.1) is 13.2 Å². The van der Waals surface area contributed by atoms with Crippen molar-refractivity contribution in [2.75, 3.05) is 20.2 Å². The van der Waals surface area contributed by atoms with E-state index in [2.05, 4.69) is 10.2 Å². The predicted octanol–water partition coefficient (Wildman–Crippen LogP) is 2.58. The van der Waals surface area contributed by atoms with E-state index in [4.69, 9.17) is 4.74 Å². The summed E-state index contributed by atoms with van der Waals surface area (Å²) >= 11 is 0. The second kappa shape index (κ2) is 8.03. The Morgan fingerprint density at radius 3 is 2.67 bits per heavy atom. The smallest absolute Gasteiger partial charge is 0.237 e. The van der Waals surface area contributed by atoms with Gasteiger partial charge >= 0.3 is 0 Å². The molecule has 1 N–H and O–H groups in total. The molecular weight excluding hydrogens is 264 g/mol. The van der Waals surface area contributed by atoms with Crippen LogP contribution < -0.4 is 10.1 Å². The molecule has 1 aromatic rings. The first kappa shape index (κ1) is 15.8. The van der Waals surface area contributed by atoms with Crippen molar-refractivity contribution in [1.82, 2.24) is 10.2 Å². The highest BCUT2D eigenvalue weighted by molar-refractivity contribution is 5.81. The summed E-state index contributed by atoms with van der Waals surface area (Å²) in [5, 5.41) is 3.03. The largest absolute Gasteiger partial charge is 0.497 e. The van der Waals surface area contributed by atoms with Gasteiger partial charge in [-0.1, -0.05) is 25.0 Å². The number of rotatable bonds is 5. The molecule has 1 aliphatic heterocycles. The van der Waals surface area contributed by atoms with Crippen molar-refractivity contribution >= 4 is 5.91 Å². The van der Waals surface area contributed by atoms with Gasteiger partial charge in [-0.25, -0.2) is 0 Å². The number of nitrogens with zero attached hydrogens (tertiary/aromatic N) is 1. The quantitative estimate of drug-likeness (QED) is 0.906. The second-order valence-corrected chi connectivity index (χ2v) is 5.70. The van der Waals surface area contributed by atoms with Gasteiger partial charge in [-0.2, -0.15) is 0 Å². The molecule has 0 aliphatic carbocycles. The van der Waals surface area contributed by atoms with Crippen LogP contribution in [-0.4, -0.2) is 37.0 Å². The molecule has 0 radical (unpaired) electrons. The topological polar surface area (TPSA) is 41.6 Å². The van der Waals surface area contributed by atoms with Crippen LogP contribution >= 0.6 is 0 Å². The Hall–Kier alpha value is -1.55. The predicted molar refractivity (Wildman–Crippen MR) is 84.3 cm³/mol. The zero-order valence-electron chi connectivity index (χ0n) is 13.1. The molecule has 2 rings (SSSR count). The standard InChI is InChI=1S/C17H26N2O2/c1-14(19-10-5-3-4-6-11-19)17(20)18-13-15-8-7-9-16(12-15)21-2/h7-9,12,14H,3-6,10-11,13H2,1-2H3,(H,18,20). The maximum Gasteiger partial charge on any atom is 0.237 e. The van der Waals surface area contributed by atoms with E-state index >= 15 is 0 Å². The number of nitrogens with one attached hydrogen (secondary N) is 1. The van der Waals surface area contributed by atoms with E-state index in [9.17, 15) is 4.79 Å². The molecule has 1 fully saturated rings. The fraction of sp³-hybridized carbons (Fsp3) is 0.588. The third kappa shape index (κ3) is 4.74. The molecule has 0 saturated carbocycles. The number of amides is 1. The van der Waals surface area contributed by atoms with Crippen molar-refractivity contribution < 1.29 is 9.53 Å². The Bertz CT molecular complexity index is 454. The molecule has 1 aliphatic rings. The summed E-state index contributed by atoms with van der Waals surface area (Å²) in [6, 6.07) is 7.76. The summed E-state index contributed by atoms with van der Waals surface area (Å²) in [4.78, 5) is 14.6. The first-order valence-corrected chi connectivity index (χ1v) is 7.85. The van der Waals surface area contributed by atoms with Crippen molar-refractivity contribution in [1.29, 1.82) is 0 Å². The van der Waals surface area contributed by atoms with Gasteiger partial charge in [0.15, 0.2) is 0 Å². The van der Waals surface area contributed by atoms with Crippen LogP contribution in [0.4, 0.5) is 0 Å². The lowest BCUT2D eigenvalue weighted by Crippen LogP contribution is -2.45. The molecule has 4 nitrogen and oxygen atoms in total. The Morgan fingerprint density at radius 1 is 1.29 bits per heavy atom. The summed E-state index contributed by atoms with van der Waals surface area (Å²) in [5.41, 5.74) is 1.06. The van der Waals surface area contributed by atoms with Gasteiger partial charge in [0.2, 0.25) is 5.91 Å². The number of benzene rings is 1. The van der Waals surface area contributed by atoms with E-state index in [0.29, 0.717) is 6.54 Å². The van der Waals surface area contributed by atoms with Crippen LogP contribution in [0.1, 0.15) is 38.2 Å². The van der Waals surface area contributed by atoms with Gasteiger partial charge in [-0.05, 0) is 50.6 Å². The molecule has 0 spiro atoms. The molecule has 1 saturated heterocycles. The first-order valence-electron chi connectivity index (χ1n) is 7.85. The Morgan fingerprint density at radius 2 is 2.00 bits per heavy atom. The van der Waals surface area contributed by atoms with Crippen LogP contribution in [0.2, 0.25) is 0 Å². The van der Waals surface area contributed by atoms with E-state index in [1.807, 2.05) is 31.2 Å². The summed E-state index contributed by atoms with van der Waals surface area (Å²) in [7, 11) is 1.65. The van der Waals surface area contributed by atoms with Crippen molar-refractivity contribution in [2.45, 2.75) is 45.2 Å². The zero-order chi connectivity index (χ0) is 15.1. The fourth-order valence-electron chi connectivity index (χ4n) is 2.77. The molecular formula is C17H26N2O2. The number of hydrogen-bond acceptors (Lipinski definition) is 3. The average Bonchev–Trinajstić information content (AvgIpc) is 2.81. The molecule has 0 aromatic heterocycles. The van der Waals surface area contributed by atoms with E-state index in [0.717, 1.165) is 24.4 Å². The van der Waals surface area contributed by atoms with Crippen LogP contribution in [0, 0.1) is 0 Å². The highest BCUT2D eigenvalue weighted by Gasteiger charge is 2.21. The van der Waals surface area contributed by atoms with Crippen LogP contribution in [-0.2, 0) is 11.3 Å². The Balaban J connectivity index is 1.85. The number of hydrogen-bond donors (Lipinski definition) is 1. The summed E-state index contributed by atoms with van der Waals surface area (Å²) in [6.45, 7) is 4.63. The van der Waals surface area contributed by atoms with E-state index in [-0.39, 0.29) is 11.9 Å². The molecule has 21 heavy (non-hydrogen) atoms.